The molecule has 0 N–H and O–H groups in total. The first-order chi connectivity index (χ1) is 9.78. The maximum atomic E-state index is 3.54. The molecule has 22 heavy (non-hydrogen) atoms. The lowest BCUT2D eigenvalue weighted by atomic mass is 9.85. The van der Waals surface area contributed by atoms with Gasteiger partial charge in [-0.05, 0) is 16.5 Å². The molecular formula is C20H32Si2. The van der Waals surface area contributed by atoms with Crippen LogP contribution in [0, 0.1) is 11.5 Å². The summed E-state index contributed by atoms with van der Waals surface area (Å²) >= 11 is 0. The molecular weight excluding hydrogens is 296 g/mol. The molecule has 1 aromatic carbocycles. The van der Waals surface area contributed by atoms with E-state index in [-0.39, 0.29) is 5.41 Å². The molecule has 2 heteroatoms. The number of hydrogen-bond donors (Lipinski definition) is 0. The van der Waals surface area contributed by atoms with E-state index in [9.17, 15) is 0 Å². The van der Waals surface area contributed by atoms with E-state index < -0.39 is 16.1 Å². The quantitative estimate of drug-likeness (QED) is 0.453. The topological polar surface area (TPSA) is 0 Å². The van der Waals surface area contributed by atoms with Crippen LogP contribution in [0.3, 0.4) is 0 Å². The fourth-order valence-corrected chi connectivity index (χ4v) is 3.65. The zero-order valence-electron chi connectivity index (χ0n) is 15.9. The van der Waals surface area contributed by atoms with Crippen LogP contribution in [0.25, 0.3) is 5.57 Å². The van der Waals surface area contributed by atoms with E-state index >= 15 is 0 Å². The lowest BCUT2D eigenvalue weighted by molar-refractivity contribution is 0.590. The van der Waals surface area contributed by atoms with Crippen LogP contribution in [0.15, 0.2) is 30.0 Å². The summed E-state index contributed by atoms with van der Waals surface area (Å²) in [5.41, 5.74) is 10.0. The van der Waals surface area contributed by atoms with Crippen molar-refractivity contribution in [3.05, 3.63) is 41.1 Å². The zero-order valence-corrected chi connectivity index (χ0v) is 17.9. The van der Waals surface area contributed by atoms with Crippen molar-refractivity contribution in [3.8, 4) is 11.5 Å². The van der Waals surface area contributed by atoms with Crippen molar-refractivity contribution in [2.45, 2.75) is 65.5 Å². The van der Waals surface area contributed by atoms with E-state index in [1.54, 1.807) is 0 Å². The van der Waals surface area contributed by atoms with Crippen molar-refractivity contribution in [2.24, 2.45) is 0 Å². The van der Waals surface area contributed by atoms with Crippen LogP contribution in [-0.4, -0.2) is 16.1 Å². The smallest absolute Gasteiger partial charge is 0.127 e. The normalized spacial score (nSPS) is 13.6. The molecule has 0 heterocycles. The minimum Gasteiger partial charge on any atom is -0.127 e. The third-order valence-electron chi connectivity index (χ3n) is 3.19. The van der Waals surface area contributed by atoms with Gasteiger partial charge in [-0.1, -0.05) is 95.9 Å². The van der Waals surface area contributed by atoms with Crippen LogP contribution < -0.4 is 0 Å². The molecule has 0 aliphatic heterocycles. The minimum absolute atomic E-state index is 0.173. The highest BCUT2D eigenvalue weighted by Gasteiger charge is 2.16. The number of allylic oxidation sites excluding steroid dienone is 1. The van der Waals surface area contributed by atoms with Crippen LogP contribution >= 0.6 is 0 Å². The summed E-state index contributed by atoms with van der Waals surface area (Å²) < 4.78 is 0. The number of hydrogen-bond acceptors (Lipinski definition) is 0. The number of rotatable bonds is 2. The monoisotopic (exact) mass is 328 g/mol. The maximum absolute atomic E-state index is 3.54. The SMILES string of the molecule is CC(C)(C)c1cccc(/C(C#C[Si](C)(C)C)=C/[Si](C)(C)C)c1. The Kier molecular flexibility index (Phi) is 5.70. The van der Waals surface area contributed by atoms with Crippen molar-refractivity contribution < 1.29 is 0 Å². The van der Waals surface area contributed by atoms with E-state index in [1.165, 1.54) is 16.7 Å². The van der Waals surface area contributed by atoms with Gasteiger partial charge in [0.15, 0.2) is 0 Å². The van der Waals surface area contributed by atoms with E-state index in [1.807, 2.05) is 0 Å². The highest BCUT2D eigenvalue weighted by Crippen LogP contribution is 2.26. The largest absolute Gasteiger partial charge is 0.129 e. The van der Waals surface area contributed by atoms with Crippen LogP contribution in [0.4, 0.5) is 0 Å². The average molecular weight is 329 g/mol. The first-order valence-corrected chi connectivity index (χ1v) is 15.2. The Morgan fingerprint density at radius 1 is 1.00 bits per heavy atom. The Hall–Kier alpha value is -1.05. The number of benzene rings is 1. The second kappa shape index (κ2) is 6.60. The summed E-state index contributed by atoms with van der Waals surface area (Å²) in [6.07, 6.45) is 0. The van der Waals surface area contributed by atoms with Gasteiger partial charge in [0, 0.05) is 5.57 Å². The summed E-state index contributed by atoms with van der Waals surface area (Å²) in [7, 11) is -2.68. The van der Waals surface area contributed by atoms with Crippen LogP contribution in [0.2, 0.25) is 39.3 Å². The Balaban J connectivity index is 3.40. The molecule has 0 unspecified atom stereocenters. The summed E-state index contributed by atoms with van der Waals surface area (Å²) in [6.45, 7) is 20.8. The first-order valence-electron chi connectivity index (χ1n) is 8.15. The van der Waals surface area contributed by atoms with Crippen molar-refractivity contribution in [2.75, 3.05) is 0 Å². The minimum atomic E-state index is -1.36. The molecule has 0 spiro atoms. The standard InChI is InChI=1S/C20H32Si2/c1-20(2,3)19-12-10-11-17(15-19)18(16-22(7,8)9)13-14-21(4,5)6/h10-12,15-16H,1-9H3/b18-16+. The molecule has 0 nitrogen and oxygen atoms in total. The zero-order chi connectivity index (χ0) is 17.2. The highest BCUT2D eigenvalue weighted by molar-refractivity contribution is 6.84. The van der Waals surface area contributed by atoms with Gasteiger partial charge in [0.1, 0.15) is 8.07 Å². The summed E-state index contributed by atoms with van der Waals surface area (Å²) in [4.78, 5) is 0. The Morgan fingerprint density at radius 2 is 1.59 bits per heavy atom. The maximum Gasteiger partial charge on any atom is 0.129 e. The molecule has 120 valence electrons. The fourth-order valence-electron chi connectivity index (χ4n) is 2.03. The predicted molar refractivity (Wildman–Crippen MR) is 108 cm³/mol. The lowest BCUT2D eigenvalue weighted by Gasteiger charge is -2.20. The van der Waals surface area contributed by atoms with Gasteiger partial charge < -0.3 is 0 Å². The summed E-state index contributed by atoms with van der Waals surface area (Å²) in [5, 5.41) is 0. The van der Waals surface area contributed by atoms with Crippen molar-refractivity contribution in [1.82, 2.24) is 0 Å². The van der Waals surface area contributed by atoms with Crippen LogP contribution in [0.5, 0.6) is 0 Å². The molecule has 1 rings (SSSR count). The second-order valence-corrected chi connectivity index (χ2v) is 19.0. The summed E-state index contributed by atoms with van der Waals surface area (Å²) in [6, 6.07) is 8.93. The predicted octanol–water partition coefficient (Wildman–Crippen LogP) is 6.13. The lowest BCUT2D eigenvalue weighted by Crippen LogP contribution is -2.18. The van der Waals surface area contributed by atoms with Gasteiger partial charge in [0.2, 0.25) is 0 Å². The van der Waals surface area contributed by atoms with Gasteiger partial charge in [-0.25, -0.2) is 0 Å². The molecule has 0 amide bonds. The molecule has 0 atom stereocenters. The van der Waals surface area contributed by atoms with Crippen molar-refractivity contribution >= 4 is 21.7 Å². The van der Waals surface area contributed by atoms with Gasteiger partial charge in [-0.3, -0.25) is 0 Å². The molecule has 0 radical (unpaired) electrons. The highest BCUT2D eigenvalue weighted by atomic mass is 28.3. The summed E-state index contributed by atoms with van der Waals surface area (Å²) in [5.74, 6) is 3.52. The molecule has 0 aliphatic carbocycles. The average Bonchev–Trinajstić information content (AvgIpc) is 2.31. The molecule has 0 aliphatic rings. The van der Waals surface area contributed by atoms with Crippen LogP contribution in [0.1, 0.15) is 31.9 Å². The van der Waals surface area contributed by atoms with E-state index in [2.05, 4.69) is 101 Å². The molecule has 0 saturated carbocycles. The van der Waals surface area contributed by atoms with E-state index in [0.29, 0.717) is 0 Å². The van der Waals surface area contributed by atoms with Crippen molar-refractivity contribution in [3.63, 3.8) is 0 Å². The third-order valence-corrected chi connectivity index (χ3v) is 5.22. The van der Waals surface area contributed by atoms with E-state index in [0.717, 1.165) is 0 Å². The molecule has 1 aromatic rings. The Bertz CT molecular complexity index is 606. The van der Waals surface area contributed by atoms with Gasteiger partial charge >= 0.3 is 0 Å². The van der Waals surface area contributed by atoms with Gasteiger partial charge in [-0.15, -0.1) is 5.54 Å². The molecule has 0 aromatic heterocycles. The van der Waals surface area contributed by atoms with Gasteiger partial charge in [-0.2, -0.15) is 0 Å². The van der Waals surface area contributed by atoms with Crippen molar-refractivity contribution in [1.29, 1.82) is 0 Å². The third kappa shape index (κ3) is 6.81. The molecule has 0 saturated heterocycles. The Labute approximate surface area is 140 Å². The fraction of sp³-hybridized carbons (Fsp3) is 0.500. The van der Waals surface area contributed by atoms with E-state index in [4.69, 9.17) is 0 Å². The Morgan fingerprint density at radius 3 is 2.05 bits per heavy atom. The van der Waals surface area contributed by atoms with Gasteiger partial charge in [0.25, 0.3) is 0 Å². The molecule has 0 bridgehead atoms. The first kappa shape index (κ1) is 19.0. The second-order valence-electron chi connectivity index (χ2n) is 9.25. The van der Waals surface area contributed by atoms with Gasteiger partial charge in [0.05, 0.1) is 8.07 Å². The van der Waals surface area contributed by atoms with Crippen LogP contribution in [-0.2, 0) is 5.41 Å². The molecule has 0 fully saturated rings.